The van der Waals surface area contributed by atoms with Crippen LogP contribution in [0.3, 0.4) is 0 Å². The summed E-state index contributed by atoms with van der Waals surface area (Å²) in [5, 5.41) is 2.82. The molecule has 3 aromatic rings. The summed E-state index contributed by atoms with van der Waals surface area (Å²) >= 11 is 0. The van der Waals surface area contributed by atoms with Crippen molar-refractivity contribution < 1.29 is 22.7 Å². The Balaban J connectivity index is 1.50. The van der Waals surface area contributed by atoms with Crippen molar-refractivity contribution in [3.63, 3.8) is 0 Å². The van der Waals surface area contributed by atoms with Crippen LogP contribution < -0.4 is 19.1 Å². The van der Waals surface area contributed by atoms with E-state index in [1.54, 1.807) is 24.3 Å². The van der Waals surface area contributed by atoms with Crippen molar-refractivity contribution in [3.05, 3.63) is 90.0 Å². The number of ether oxygens (including phenoxy) is 2. The minimum absolute atomic E-state index is 0.107. The Kier molecular flexibility index (Phi) is 9.76. The number of sulfonamides is 1. The van der Waals surface area contributed by atoms with Crippen molar-refractivity contribution in [1.29, 1.82) is 0 Å². The molecule has 7 nitrogen and oxygen atoms in total. The van der Waals surface area contributed by atoms with Gasteiger partial charge in [-0.05, 0) is 74.2 Å². The van der Waals surface area contributed by atoms with Crippen LogP contribution in [0.5, 0.6) is 11.5 Å². The van der Waals surface area contributed by atoms with E-state index < -0.39 is 10.0 Å². The first-order chi connectivity index (χ1) is 17.2. The van der Waals surface area contributed by atoms with Gasteiger partial charge in [-0.2, -0.15) is 0 Å². The zero-order valence-corrected chi connectivity index (χ0v) is 21.8. The Labute approximate surface area is 214 Å². The highest BCUT2D eigenvalue weighted by Crippen LogP contribution is 2.22. The second-order valence-corrected chi connectivity index (χ2v) is 10.7. The van der Waals surface area contributed by atoms with E-state index >= 15 is 0 Å². The molecule has 0 aliphatic carbocycles. The fraction of sp³-hybridized carbons (Fsp3) is 0.321. The van der Waals surface area contributed by atoms with Crippen molar-refractivity contribution in [1.82, 2.24) is 5.32 Å². The minimum atomic E-state index is -3.65. The number of nitrogens with one attached hydrogen (secondary N) is 1. The zero-order chi connectivity index (χ0) is 26.0. The van der Waals surface area contributed by atoms with E-state index in [0.717, 1.165) is 40.3 Å². The van der Waals surface area contributed by atoms with E-state index in [1.165, 1.54) is 0 Å². The second kappa shape index (κ2) is 13.0. The van der Waals surface area contributed by atoms with E-state index in [0.29, 0.717) is 24.6 Å². The van der Waals surface area contributed by atoms with Gasteiger partial charge in [0.1, 0.15) is 24.7 Å². The van der Waals surface area contributed by atoms with E-state index in [9.17, 15) is 13.2 Å². The van der Waals surface area contributed by atoms with E-state index in [4.69, 9.17) is 9.47 Å². The Morgan fingerprint density at radius 1 is 0.917 bits per heavy atom. The molecule has 36 heavy (non-hydrogen) atoms. The molecule has 1 N–H and O–H groups in total. The zero-order valence-electron chi connectivity index (χ0n) is 21.0. The van der Waals surface area contributed by atoms with Crippen LogP contribution >= 0.6 is 0 Å². The maximum Gasteiger partial charge on any atom is 0.240 e. The number of carbonyl (C=O) groups excluding carboxylic acids is 1. The summed E-state index contributed by atoms with van der Waals surface area (Å²) in [5.74, 6) is 1.08. The van der Waals surface area contributed by atoms with Crippen LogP contribution in [-0.4, -0.2) is 39.8 Å². The highest BCUT2D eigenvalue weighted by molar-refractivity contribution is 7.92. The first-order valence-electron chi connectivity index (χ1n) is 12.0. The number of aryl methyl sites for hydroxylation is 1. The molecule has 0 saturated carbocycles. The van der Waals surface area contributed by atoms with Crippen LogP contribution in [0.2, 0.25) is 0 Å². The van der Waals surface area contributed by atoms with E-state index in [2.05, 4.69) is 5.32 Å². The standard InChI is InChI=1S/C28H34N2O5S/c1-22(2)35-27-13-7-11-23(19-27)12-8-18-29-28(31)20-30(36(3,32)33)25-14-16-26(17-15-25)34-21-24-9-5-4-6-10-24/h4-7,9-11,13-17,19,22H,8,12,18,20-21H2,1-3H3,(H,29,31). The highest BCUT2D eigenvalue weighted by atomic mass is 32.2. The second-order valence-electron chi connectivity index (χ2n) is 8.81. The lowest BCUT2D eigenvalue weighted by Crippen LogP contribution is -2.40. The van der Waals surface area contributed by atoms with Gasteiger partial charge in [0.15, 0.2) is 0 Å². The summed E-state index contributed by atoms with van der Waals surface area (Å²) in [7, 11) is -3.65. The third-order valence-corrected chi connectivity index (χ3v) is 6.44. The van der Waals surface area contributed by atoms with Crippen LogP contribution in [0.4, 0.5) is 5.69 Å². The molecule has 0 aliphatic heterocycles. The van der Waals surface area contributed by atoms with Gasteiger partial charge >= 0.3 is 0 Å². The van der Waals surface area contributed by atoms with Gasteiger partial charge in [-0.25, -0.2) is 8.42 Å². The average Bonchev–Trinajstić information content (AvgIpc) is 2.84. The van der Waals surface area contributed by atoms with Gasteiger partial charge in [-0.1, -0.05) is 42.5 Å². The Bertz CT molecular complexity index is 1210. The molecule has 0 spiro atoms. The topological polar surface area (TPSA) is 84.9 Å². The lowest BCUT2D eigenvalue weighted by molar-refractivity contribution is -0.119. The molecule has 192 valence electrons. The maximum absolute atomic E-state index is 12.5. The van der Waals surface area contributed by atoms with Crippen LogP contribution in [0, 0.1) is 0 Å². The first kappa shape index (κ1) is 27.1. The lowest BCUT2D eigenvalue weighted by atomic mass is 10.1. The van der Waals surface area contributed by atoms with Gasteiger partial charge in [0.2, 0.25) is 15.9 Å². The summed E-state index contributed by atoms with van der Waals surface area (Å²) in [5.41, 5.74) is 2.56. The van der Waals surface area contributed by atoms with Crippen molar-refractivity contribution in [2.75, 3.05) is 23.7 Å². The molecule has 3 aromatic carbocycles. The predicted octanol–water partition coefficient (Wildman–Crippen LogP) is 4.57. The number of rotatable bonds is 13. The number of hydrogen-bond acceptors (Lipinski definition) is 5. The van der Waals surface area contributed by atoms with Crippen molar-refractivity contribution in [3.8, 4) is 11.5 Å². The van der Waals surface area contributed by atoms with Gasteiger partial charge < -0.3 is 14.8 Å². The summed E-state index contributed by atoms with van der Waals surface area (Å²) < 4.78 is 37.4. The minimum Gasteiger partial charge on any atom is -0.491 e. The monoisotopic (exact) mass is 510 g/mol. The van der Waals surface area contributed by atoms with Gasteiger partial charge in [-0.3, -0.25) is 9.10 Å². The van der Waals surface area contributed by atoms with Crippen molar-refractivity contribution >= 4 is 21.6 Å². The Morgan fingerprint density at radius 3 is 2.28 bits per heavy atom. The van der Waals surface area contributed by atoms with Gasteiger partial charge in [0.05, 0.1) is 18.0 Å². The van der Waals surface area contributed by atoms with E-state index in [1.807, 2.05) is 68.4 Å². The lowest BCUT2D eigenvalue weighted by Gasteiger charge is -2.22. The molecule has 0 aromatic heterocycles. The van der Waals surface area contributed by atoms with Crippen LogP contribution in [0.1, 0.15) is 31.4 Å². The maximum atomic E-state index is 12.5. The average molecular weight is 511 g/mol. The summed E-state index contributed by atoms with van der Waals surface area (Å²) in [4.78, 5) is 12.5. The third-order valence-electron chi connectivity index (χ3n) is 5.30. The van der Waals surface area contributed by atoms with Crippen LogP contribution in [0.15, 0.2) is 78.9 Å². The van der Waals surface area contributed by atoms with Crippen LogP contribution in [-0.2, 0) is 27.8 Å². The number of benzene rings is 3. The molecule has 0 fully saturated rings. The Morgan fingerprint density at radius 2 is 1.61 bits per heavy atom. The largest absolute Gasteiger partial charge is 0.491 e. The van der Waals surface area contributed by atoms with Crippen molar-refractivity contribution in [2.45, 2.75) is 39.4 Å². The van der Waals surface area contributed by atoms with Crippen LogP contribution in [0.25, 0.3) is 0 Å². The van der Waals surface area contributed by atoms with Gasteiger partial charge in [-0.15, -0.1) is 0 Å². The smallest absolute Gasteiger partial charge is 0.240 e. The molecule has 0 radical (unpaired) electrons. The SMILES string of the molecule is CC(C)Oc1cccc(CCCNC(=O)CN(c2ccc(OCc3ccccc3)cc2)S(C)(=O)=O)c1. The normalized spacial score (nSPS) is 11.2. The number of amides is 1. The molecular weight excluding hydrogens is 476 g/mol. The van der Waals surface area contributed by atoms with Gasteiger partial charge in [0, 0.05) is 6.54 Å². The quantitative estimate of drug-likeness (QED) is 0.341. The predicted molar refractivity (Wildman–Crippen MR) is 143 cm³/mol. The summed E-state index contributed by atoms with van der Waals surface area (Å²) in [6.45, 7) is 4.53. The van der Waals surface area contributed by atoms with Crippen molar-refractivity contribution in [2.24, 2.45) is 0 Å². The Hall–Kier alpha value is -3.52. The first-order valence-corrected chi connectivity index (χ1v) is 13.8. The number of anilines is 1. The third kappa shape index (κ3) is 8.92. The summed E-state index contributed by atoms with van der Waals surface area (Å²) in [6.07, 6.45) is 2.70. The fourth-order valence-corrected chi connectivity index (χ4v) is 4.46. The molecule has 0 bridgehead atoms. The molecule has 0 aliphatic rings. The van der Waals surface area contributed by atoms with Gasteiger partial charge in [0.25, 0.3) is 0 Å². The molecule has 0 unspecified atom stereocenters. The molecule has 0 saturated heterocycles. The molecule has 8 heteroatoms. The molecular formula is C28H34N2O5S. The number of nitrogens with zero attached hydrogens (tertiary/aromatic N) is 1. The van der Waals surface area contributed by atoms with E-state index in [-0.39, 0.29) is 18.6 Å². The molecule has 3 rings (SSSR count). The number of carbonyl (C=O) groups is 1. The number of hydrogen-bond donors (Lipinski definition) is 1. The highest BCUT2D eigenvalue weighted by Gasteiger charge is 2.20. The molecule has 1 amide bonds. The molecule has 0 atom stereocenters. The molecule has 0 heterocycles. The fourth-order valence-electron chi connectivity index (χ4n) is 3.60. The summed E-state index contributed by atoms with van der Waals surface area (Å²) in [6, 6.07) is 24.3.